The van der Waals surface area contributed by atoms with Gasteiger partial charge < -0.3 is 0 Å². The largest absolute Gasteiger partial charge is 0.294 e. The summed E-state index contributed by atoms with van der Waals surface area (Å²) >= 11 is 1.43. The Morgan fingerprint density at radius 3 is 2.69 bits per heavy atom. The van der Waals surface area contributed by atoms with E-state index in [1.807, 2.05) is 12.1 Å². The van der Waals surface area contributed by atoms with Gasteiger partial charge in [-0.2, -0.15) is 9.50 Å². The lowest BCUT2D eigenvalue weighted by atomic mass is 9.80. The summed E-state index contributed by atoms with van der Waals surface area (Å²) in [6, 6.07) is 14.6. The van der Waals surface area contributed by atoms with Crippen molar-refractivity contribution < 1.29 is 9.72 Å². The van der Waals surface area contributed by atoms with Crippen LogP contribution in [0.1, 0.15) is 45.1 Å². The number of aromatic nitrogens is 4. The van der Waals surface area contributed by atoms with Crippen LogP contribution in [0.3, 0.4) is 0 Å². The number of nitro benzene ring substituents is 1. The van der Waals surface area contributed by atoms with Crippen molar-refractivity contribution in [3.05, 3.63) is 92.8 Å². The molecule has 9 heteroatoms. The van der Waals surface area contributed by atoms with Crippen LogP contribution in [-0.4, -0.2) is 30.3 Å². The molecule has 5 rings (SSSR count). The second-order valence-electron chi connectivity index (χ2n) is 7.82. The maximum Gasteiger partial charge on any atom is 0.269 e. The standard InChI is InChI=1S/C23H19N5O3S/c1-14-4-2-3-5-18(14)16-10-20-19(21(29)11-16)12-24-22-25-23(26-27(20)22)32-13-15-6-8-17(9-7-15)28(30)31/h2-9,12,16H,10-11,13H2,1H3. The van der Waals surface area contributed by atoms with Gasteiger partial charge in [-0.3, -0.25) is 14.9 Å². The first-order chi connectivity index (χ1) is 15.5. The molecule has 2 aromatic heterocycles. The highest BCUT2D eigenvalue weighted by Gasteiger charge is 2.30. The Balaban J connectivity index is 1.42. The van der Waals surface area contributed by atoms with E-state index >= 15 is 0 Å². The summed E-state index contributed by atoms with van der Waals surface area (Å²) in [7, 11) is 0. The zero-order valence-electron chi connectivity index (χ0n) is 17.3. The Labute approximate surface area is 187 Å². The van der Waals surface area contributed by atoms with E-state index in [1.165, 1.54) is 35.0 Å². The minimum atomic E-state index is -0.416. The van der Waals surface area contributed by atoms with Crippen molar-refractivity contribution in [2.24, 2.45) is 0 Å². The van der Waals surface area contributed by atoms with E-state index < -0.39 is 4.92 Å². The average molecular weight is 446 g/mol. The number of hydrogen-bond donors (Lipinski definition) is 0. The van der Waals surface area contributed by atoms with Gasteiger partial charge in [-0.1, -0.05) is 48.2 Å². The molecule has 1 aliphatic rings. The van der Waals surface area contributed by atoms with Gasteiger partial charge in [-0.25, -0.2) is 4.98 Å². The highest BCUT2D eigenvalue weighted by molar-refractivity contribution is 7.98. The third-order valence-corrected chi connectivity index (χ3v) is 6.67. The van der Waals surface area contributed by atoms with Crippen LogP contribution < -0.4 is 0 Å². The van der Waals surface area contributed by atoms with Gasteiger partial charge in [0.05, 0.1) is 16.2 Å². The van der Waals surface area contributed by atoms with E-state index in [0.29, 0.717) is 35.1 Å². The van der Waals surface area contributed by atoms with E-state index in [1.54, 1.807) is 22.8 Å². The number of nitro groups is 1. The van der Waals surface area contributed by atoms with Crippen LogP contribution in [0.4, 0.5) is 5.69 Å². The van der Waals surface area contributed by atoms with Gasteiger partial charge in [-0.15, -0.1) is 5.10 Å². The third-order valence-electron chi connectivity index (χ3n) is 5.76. The first-order valence-electron chi connectivity index (χ1n) is 10.2. The summed E-state index contributed by atoms with van der Waals surface area (Å²) < 4.78 is 1.69. The van der Waals surface area contributed by atoms with Crippen LogP contribution >= 0.6 is 11.8 Å². The summed E-state index contributed by atoms with van der Waals surface area (Å²) in [6.07, 6.45) is 2.77. The number of nitrogens with zero attached hydrogens (tertiary/aromatic N) is 5. The average Bonchev–Trinajstić information content (AvgIpc) is 3.22. The summed E-state index contributed by atoms with van der Waals surface area (Å²) in [5, 5.41) is 16.0. The molecule has 0 bridgehead atoms. The number of ketones is 1. The Hall–Kier alpha value is -3.59. The van der Waals surface area contributed by atoms with Crippen molar-refractivity contribution in [3.8, 4) is 0 Å². The fraction of sp³-hybridized carbons (Fsp3) is 0.217. The number of rotatable bonds is 5. The second kappa shape index (κ2) is 8.16. The minimum absolute atomic E-state index is 0.0632. The predicted molar refractivity (Wildman–Crippen MR) is 120 cm³/mol. The van der Waals surface area contributed by atoms with Crippen LogP contribution in [0.5, 0.6) is 0 Å². The lowest BCUT2D eigenvalue weighted by molar-refractivity contribution is -0.384. The van der Waals surface area contributed by atoms with E-state index in [-0.39, 0.29) is 17.4 Å². The monoisotopic (exact) mass is 445 g/mol. The van der Waals surface area contributed by atoms with Crippen molar-refractivity contribution >= 4 is 29.0 Å². The SMILES string of the molecule is Cc1ccccc1C1CC(=O)c2cnc3nc(SCc4ccc([N+](=O)[O-])cc4)nn3c2C1. The topological polar surface area (TPSA) is 103 Å². The van der Waals surface area contributed by atoms with Gasteiger partial charge in [0, 0.05) is 30.5 Å². The smallest absolute Gasteiger partial charge is 0.269 e. The molecule has 1 aliphatic carbocycles. The molecule has 0 amide bonds. The predicted octanol–water partition coefficient (Wildman–Crippen LogP) is 4.55. The Morgan fingerprint density at radius 2 is 1.94 bits per heavy atom. The molecule has 1 atom stereocenters. The second-order valence-corrected chi connectivity index (χ2v) is 8.76. The molecule has 0 radical (unpaired) electrons. The maximum atomic E-state index is 12.9. The quantitative estimate of drug-likeness (QED) is 0.252. The van der Waals surface area contributed by atoms with E-state index in [0.717, 1.165) is 11.3 Å². The molecule has 0 spiro atoms. The van der Waals surface area contributed by atoms with Crippen molar-refractivity contribution in [3.63, 3.8) is 0 Å². The number of hydrogen-bond acceptors (Lipinski definition) is 7. The molecule has 0 aliphatic heterocycles. The summed E-state index contributed by atoms with van der Waals surface area (Å²) in [4.78, 5) is 32.1. The fourth-order valence-electron chi connectivity index (χ4n) is 4.12. The number of aryl methyl sites for hydroxylation is 1. The lowest BCUT2D eigenvalue weighted by Gasteiger charge is -2.25. The molecular weight excluding hydrogens is 426 g/mol. The molecule has 2 aromatic carbocycles. The van der Waals surface area contributed by atoms with E-state index in [9.17, 15) is 14.9 Å². The first-order valence-corrected chi connectivity index (χ1v) is 11.2. The van der Waals surface area contributed by atoms with Crippen LogP contribution in [0.15, 0.2) is 59.9 Å². The van der Waals surface area contributed by atoms with Gasteiger partial charge >= 0.3 is 0 Å². The van der Waals surface area contributed by atoms with Gasteiger partial charge in [0.1, 0.15) is 0 Å². The highest BCUT2D eigenvalue weighted by atomic mass is 32.2. The van der Waals surface area contributed by atoms with Gasteiger partial charge in [0.2, 0.25) is 5.16 Å². The molecule has 0 saturated heterocycles. The first kappa shape index (κ1) is 20.3. The van der Waals surface area contributed by atoms with Crippen LogP contribution in [-0.2, 0) is 12.2 Å². The summed E-state index contributed by atoms with van der Waals surface area (Å²) in [5.41, 5.74) is 4.81. The summed E-state index contributed by atoms with van der Waals surface area (Å²) in [6.45, 7) is 2.07. The van der Waals surface area contributed by atoms with Crippen LogP contribution in [0.2, 0.25) is 0 Å². The number of carbonyl (C=O) groups excluding carboxylic acids is 1. The number of Topliss-reactive ketones (excluding diaryl/α,β-unsaturated/α-hetero) is 1. The van der Waals surface area contributed by atoms with Gasteiger partial charge in [0.15, 0.2) is 5.78 Å². The Morgan fingerprint density at radius 1 is 1.16 bits per heavy atom. The Bertz CT molecular complexity index is 1350. The van der Waals surface area contributed by atoms with Crippen molar-refractivity contribution in [1.29, 1.82) is 0 Å². The fourth-order valence-corrected chi connectivity index (χ4v) is 4.89. The molecular formula is C23H19N5O3S. The molecule has 0 N–H and O–H groups in total. The van der Waals surface area contributed by atoms with Crippen molar-refractivity contribution in [1.82, 2.24) is 19.6 Å². The number of fused-ring (bicyclic) bond motifs is 3. The summed E-state index contributed by atoms with van der Waals surface area (Å²) in [5.74, 6) is 1.21. The normalized spacial score (nSPS) is 15.7. The zero-order valence-corrected chi connectivity index (χ0v) is 18.1. The van der Waals surface area contributed by atoms with Crippen LogP contribution in [0, 0.1) is 17.0 Å². The van der Waals surface area contributed by atoms with Gasteiger partial charge in [-0.05, 0) is 36.0 Å². The molecule has 8 nitrogen and oxygen atoms in total. The number of non-ortho nitro benzene ring substituents is 1. The lowest BCUT2D eigenvalue weighted by Crippen LogP contribution is -2.23. The molecule has 0 fully saturated rings. The molecule has 160 valence electrons. The molecule has 2 heterocycles. The van der Waals surface area contributed by atoms with Crippen molar-refractivity contribution in [2.45, 2.75) is 36.6 Å². The van der Waals surface area contributed by atoms with Gasteiger partial charge in [0.25, 0.3) is 11.5 Å². The van der Waals surface area contributed by atoms with E-state index in [2.05, 4.69) is 34.1 Å². The minimum Gasteiger partial charge on any atom is -0.294 e. The number of thioether (sulfide) groups is 1. The third kappa shape index (κ3) is 3.75. The Kier molecular flexibility index (Phi) is 5.18. The number of carbonyl (C=O) groups is 1. The molecule has 32 heavy (non-hydrogen) atoms. The highest BCUT2D eigenvalue weighted by Crippen LogP contribution is 2.34. The molecule has 1 unspecified atom stereocenters. The zero-order chi connectivity index (χ0) is 22.2. The molecule has 0 saturated carbocycles. The van der Waals surface area contributed by atoms with Crippen molar-refractivity contribution in [2.75, 3.05) is 0 Å². The maximum absolute atomic E-state index is 12.9. The molecule has 4 aromatic rings. The van der Waals surface area contributed by atoms with E-state index in [4.69, 9.17) is 0 Å². The number of benzene rings is 2. The van der Waals surface area contributed by atoms with Crippen LogP contribution in [0.25, 0.3) is 5.78 Å².